The molecule has 1 nitrogen and oxygen atoms in total. The fraction of sp³-hybridized carbons (Fsp3) is 0.667. The average Bonchev–Trinajstić information content (AvgIpc) is 2.17. The lowest BCUT2D eigenvalue weighted by Crippen LogP contribution is -2.39. The topological polar surface area (TPSA) is 3.24 Å². The summed E-state index contributed by atoms with van der Waals surface area (Å²) in [5.41, 5.74) is 0. The van der Waals surface area contributed by atoms with E-state index >= 15 is 0 Å². The number of hydrogen-bond acceptors (Lipinski definition) is 1. The van der Waals surface area contributed by atoms with Crippen molar-refractivity contribution in [1.82, 2.24) is 4.90 Å². The van der Waals surface area contributed by atoms with Crippen LogP contribution in [0.2, 0.25) is 0 Å². The Labute approximate surface area is 81.8 Å². The van der Waals surface area contributed by atoms with Gasteiger partial charge >= 0.3 is 0 Å². The highest BCUT2D eigenvalue weighted by Crippen LogP contribution is 2.18. The van der Waals surface area contributed by atoms with Crippen molar-refractivity contribution in [3.05, 3.63) is 12.7 Å². The SMILES string of the molecule is C=CCC1CCCCN1CC#CC. The molecule has 0 radical (unpaired) electrons. The second kappa shape index (κ2) is 5.83. The van der Waals surface area contributed by atoms with E-state index < -0.39 is 0 Å². The zero-order valence-electron chi connectivity index (χ0n) is 8.55. The maximum absolute atomic E-state index is 3.81. The summed E-state index contributed by atoms with van der Waals surface area (Å²) in [6, 6.07) is 0.701. The molecule has 0 amide bonds. The van der Waals surface area contributed by atoms with Crippen molar-refractivity contribution in [3.8, 4) is 11.8 Å². The maximum atomic E-state index is 3.81. The zero-order chi connectivity index (χ0) is 9.52. The van der Waals surface area contributed by atoms with E-state index in [9.17, 15) is 0 Å². The molecule has 1 heterocycles. The third-order valence-corrected chi connectivity index (χ3v) is 2.65. The lowest BCUT2D eigenvalue weighted by atomic mass is 9.99. The molecule has 1 unspecified atom stereocenters. The van der Waals surface area contributed by atoms with Gasteiger partial charge in [-0.2, -0.15) is 0 Å². The molecule has 0 N–H and O–H groups in total. The number of hydrogen-bond donors (Lipinski definition) is 0. The van der Waals surface area contributed by atoms with Crippen LogP contribution in [0.4, 0.5) is 0 Å². The standard InChI is InChI=1S/C12H19N/c1-3-5-10-13-11-7-6-9-12(13)8-4-2/h4,12H,2,6-11H2,1H3. The molecule has 1 aliphatic heterocycles. The Kier molecular flexibility index (Phi) is 4.64. The monoisotopic (exact) mass is 177 g/mol. The molecule has 1 aliphatic rings. The molecule has 0 bridgehead atoms. The van der Waals surface area contributed by atoms with Gasteiger partial charge in [-0.15, -0.1) is 12.5 Å². The van der Waals surface area contributed by atoms with E-state index in [1.165, 1.54) is 25.8 Å². The number of likely N-dealkylation sites (tertiary alicyclic amines) is 1. The van der Waals surface area contributed by atoms with Gasteiger partial charge in [0.2, 0.25) is 0 Å². The van der Waals surface area contributed by atoms with Crippen LogP contribution in [-0.4, -0.2) is 24.0 Å². The van der Waals surface area contributed by atoms with Crippen molar-refractivity contribution in [2.24, 2.45) is 0 Å². The molecule has 0 aliphatic carbocycles. The summed E-state index contributed by atoms with van der Waals surface area (Å²) in [6.07, 6.45) is 7.17. The zero-order valence-corrected chi connectivity index (χ0v) is 8.55. The van der Waals surface area contributed by atoms with Crippen molar-refractivity contribution in [3.63, 3.8) is 0 Å². The summed E-state index contributed by atoms with van der Waals surface area (Å²) < 4.78 is 0. The molecule has 1 rings (SSSR count). The number of nitrogens with zero attached hydrogens (tertiary/aromatic N) is 1. The molecular weight excluding hydrogens is 158 g/mol. The molecule has 0 saturated carbocycles. The lowest BCUT2D eigenvalue weighted by molar-refractivity contribution is 0.169. The molecule has 13 heavy (non-hydrogen) atoms. The van der Waals surface area contributed by atoms with E-state index in [2.05, 4.69) is 23.3 Å². The first-order valence-corrected chi connectivity index (χ1v) is 5.13. The van der Waals surface area contributed by atoms with E-state index in [1.54, 1.807) is 0 Å². The molecule has 1 saturated heterocycles. The maximum Gasteiger partial charge on any atom is 0.0603 e. The third-order valence-electron chi connectivity index (χ3n) is 2.65. The molecule has 0 aromatic rings. The van der Waals surface area contributed by atoms with Crippen molar-refractivity contribution in [2.75, 3.05) is 13.1 Å². The summed E-state index contributed by atoms with van der Waals surface area (Å²) in [4.78, 5) is 2.49. The van der Waals surface area contributed by atoms with Crippen LogP contribution in [0.5, 0.6) is 0 Å². The van der Waals surface area contributed by atoms with Crippen LogP contribution in [0.25, 0.3) is 0 Å². The summed E-state index contributed by atoms with van der Waals surface area (Å²) in [7, 11) is 0. The highest BCUT2D eigenvalue weighted by atomic mass is 15.2. The molecule has 1 atom stereocenters. The van der Waals surface area contributed by atoms with E-state index in [0.29, 0.717) is 6.04 Å². The van der Waals surface area contributed by atoms with Crippen LogP contribution in [0.1, 0.15) is 32.6 Å². The van der Waals surface area contributed by atoms with Gasteiger partial charge in [0.25, 0.3) is 0 Å². The van der Waals surface area contributed by atoms with Gasteiger partial charge in [0.05, 0.1) is 6.54 Å². The Balaban J connectivity index is 2.43. The number of piperidine rings is 1. The van der Waals surface area contributed by atoms with Crippen molar-refractivity contribution in [2.45, 2.75) is 38.6 Å². The summed E-state index contributed by atoms with van der Waals surface area (Å²) in [5, 5.41) is 0. The first-order chi connectivity index (χ1) is 6.38. The Morgan fingerprint density at radius 3 is 3.08 bits per heavy atom. The van der Waals surface area contributed by atoms with Gasteiger partial charge in [0.15, 0.2) is 0 Å². The normalized spacial score (nSPS) is 23.3. The van der Waals surface area contributed by atoms with Gasteiger partial charge in [-0.1, -0.05) is 18.4 Å². The third kappa shape index (κ3) is 3.24. The van der Waals surface area contributed by atoms with E-state index in [1.807, 2.05) is 13.0 Å². The second-order valence-corrected chi connectivity index (χ2v) is 3.57. The van der Waals surface area contributed by atoms with Crippen LogP contribution in [0.15, 0.2) is 12.7 Å². The van der Waals surface area contributed by atoms with Crippen LogP contribution >= 0.6 is 0 Å². The van der Waals surface area contributed by atoms with Crippen LogP contribution in [0, 0.1) is 11.8 Å². The molecule has 72 valence electrons. The quantitative estimate of drug-likeness (QED) is 0.473. The molecule has 0 aromatic heterocycles. The van der Waals surface area contributed by atoms with Gasteiger partial charge in [0.1, 0.15) is 0 Å². The first-order valence-electron chi connectivity index (χ1n) is 5.13. The molecular formula is C12H19N. The fourth-order valence-electron chi connectivity index (χ4n) is 1.91. The van der Waals surface area contributed by atoms with Gasteiger partial charge in [0, 0.05) is 6.04 Å². The summed E-state index contributed by atoms with van der Waals surface area (Å²) in [6.45, 7) is 7.87. The minimum atomic E-state index is 0.701. The Morgan fingerprint density at radius 1 is 1.54 bits per heavy atom. The second-order valence-electron chi connectivity index (χ2n) is 3.57. The van der Waals surface area contributed by atoms with Crippen molar-refractivity contribution >= 4 is 0 Å². The lowest BCUT2D eigenvalue weighted by Gasteiger charge is -2.33. The smallest absolute Gasteiger partial charge is 0.0603 e. The molecule has 0 aromatic carbocycles. The highest BCUT2D eigenvalue weighted by Gasteiger charge is 2.19. The summed E-state index contributed by atoms with van der Waals surface area (Å²) in [5.74, 6) is 6.11. The van der Waals surface area contributed by atoms with Crippen molar-refractivity contribution in [1.29, 1.82) is 0 Å². The largest absolute Gasteiger partial charge is 0.289 e. The number of rotatable bonds is 3. The van der Waals surface area contributed by atoms with Gasteiger partial charge in [-0.3, -0.25) is 4.90 Å². The Hall–Kier alpha value is -0.740. The van der Waals surface area contributed by atoms with Gasteiger partial charge < -0.3 is 0 Å². The van der Waals surface area contributed by atoms with E-state index in [4.69, 9.17) is 0 Å². The predicted molar refractivity (Wildman–Crippen MR) is 57.5 cm³/mol. The van der Waals surface area contributed by atoms with Crippen molar-refractivity contribution < 1.29 is 0 Å². The van der Waals surface area contributed by atoms with Crippen LogP contribution in [-0.2, 0) is 0 Å². The molecule has 1 fully saturated rings. The van der Waals surface area contributed by atoms with Crippen LogP contribution in [0.3, 0.4) is 0 Å². The fourth-order valence-corrected chi connectivity index (χ4v) is 1.91. The van der Waals surface area contributed by atoms with E-state index in [-0.39, 0.29) is 0 Å². The first kappa shape index (κ1) is 10.3. The molecule has 0 spiro atoms. The molecule has 1 heteroatoms. The summed E-state index contributed by atoms with van der Waals surface area (Å²) >= 11 is 0. The Morgan fingerprint density at radius 2 is 2.38 bits per heavy atom. The van der Waals surface area contributed by atoms with Crippen LogP contribution < -0.4 is 0 Å². The average molecular weight is 177 g/mol. The van der Waals surface area contributed by atoms with Gasteiger partial charge in [-0.05, 0) is 32.7 Å². The van der Waals surface area contributed by atoms with E-state index in [0.717, 1.165) is 13.0 Å². The van der Waals surface area contributed by atoms with Gasteiger partial charge in [-0.25, -0.2) is 0 Å². The Bertz CT molecular complexity index is 209. The minimum absolute atomic E-state index is 0.701. The minimum Gasteiger partial charge on any atom is -0.289 e. The highest BCUT2D eigenvalue weighted by molar-refractivity contribution is 4.99. The predicted octanol–water partition coefficient (Wildman–Crippen LogP) is 2.44.